The van der Waals surface area contributed by atoms with Crippen molar-refractivity contribution in [2.75, 3.05) is 0 Å². The average molecular weight is 196 g/mol. The van der Waals surface area contributed by atoms with Gasteiger partial charge in [-0.3, -0.25) is 0 Å². The fourth-order valence-corrected chi connectivity index (χ4v) is 2.97. The molecule has 1 atom stereocenters. The van der Waals surface area contributed by atoms with Crippen molar-refractivity contribution in [2.24, 2.45) is 11.3 Å². The van der Waals surface area contributed by atoms with Crippen LogP contribution in [0.15, 0.2) is 12.7 Å². The van der Waals surface area contributed by atoms with Crippen LogP contribution in [-0.2, 0) is 0 Å². The highest BCUT2D eigenvalue weighted by atomic mass is 16.3. The molecule has 1 aliphatic carbocycles. The summed E-state index contributed by atoms with van der Waals surface area (Å²) in [6.45, 7) is 8.22. The van der Waals surface area contributed by atoms with Gasteiger partial charge < -0.3 is 5.11 Å². The number of aliphatic hydroxyl groups is 1. The molecule has 0 spiro atoms. The molecule has 0 heterocycles. The predicted octanol–water partition coefficient (Wildman–Crippen LogP) is 3.53. The van der Waals surface area contributed by atoms with Gasteiger partial charge in [-0.15, -0.1) is 6.58 Å². The molecule has 1 N–H and O–H groups in total. The Labute approximate surface area is 88.2 Å². The fraction of sp³-hybridized carbons (Fsp3) is 0.846. The van der Waals surface area contributed by atoms with Gasteiger partial charge in [-0.2, -0.15) is 0 Å². The lowest BCUT2D eigenvalue weighted by atomic mass is 9.73. The van der Waals surface area contributed by atoms with Gasteiger partial charge in [0.1, 0.15) is 0 Å². The van der Waals surface area contributed by atoms with Crippen LogP contribution in [0.25, 0.3) is 0 Å². The first-order valence-electron chi connectivity index (χ1n) is 5.90. The van der Waals surface area contributed by atoms with E-state index in [4.69, 9.17) is 0 Å². The molecule has 0 aromatic carbocycles. The van der Waals surface area contributed by atoms with E-state index in [9.17, 15) is 5.11 Å². The van der Waals surface area contributed by atoms with Gasteiger partial charge in [-0.05, 0) is 37.0 Å². The van der Waals surface area contributed by atoms with Gasteiger partial charge in [0.2, 0.25) is 0 Å². The monoisotopic (exact) mass is 196 g/mol. The molecule has 0 aromatic rings. The molecule has 82 valence electrons. The maximum atomic E-state index is 10.2. The van der Waals surface area contributed by atoms with Crippen molar-refractivity contribution in [1.82, 2.24) is 0 Å². The number of aliphatic hydroxyl groups excluding tert-OH is 1. The Morgan fingerprint density at radius 3 is 2.36 bits per heavy atom. The predicted molar refractivity (Wildman–Crippen MR) is 61.2 cm³/mol. The summed E-state index contributed by atoms with van der Waals surface area (Å²) in [4.78, 5) is 0. The van der Waals surface area contributed by atoms with E-state index in [2.05, 4.69) is 20.4 Å². The molecule has 0 amide bonds. The highest BCUT2D eigenvalue weighted by Crippen LogP contribution is 2.46. The van der Waals surface area contributed by atoms with Crippen molar-refractivity contribution in [3.05, 3.63) is 12.7 Å². The number of hydrogen-bond acceptors (Lipinski definition) is 1. The van der Waals surface area contributed by atoms with E-state index in [0.717, 1.165) is 6.42 Å². The number of rotatable bonds is 5. The summed E-state index contributed by atoms with van der Waals surface area (Å²) in [6, 6.07) is 0. The van der Waals surface area contributed by atoms with Crippen LogP contribution in [0, 0.1) is 11.3 Å². The zero-order valence-corrected chi connectivity index (χ0v) is 9.63. The van der Waals surface area contributed by atoms with Crippen LogP contribution in [0.3, 0.4) is 0 Å². The molecular formula is C13H24O. The van der Waals surface area contributed by atoms with Crippen molar-refractivity contribution in [3.63, 3.8) is 0 Å². The summed E-state index contributed by atoms with van der Waals surface area (Å²) in [5.41, 5.74) is 0.211. The van der Waals surface area contributed by atoms with Crippen molar-refractivity contribution in [3.8, 4) is 0 Å². The van der Waals surface area contributed by atoms with Gasteiger partial charge in [0, 0.05) is 0 Å². The molecule has 14 heavy (non-hydrogen) atoms. The van der Waals surface area contributed by atoms with Crippen molar-refractivity contribution < 1.29 is 5.11 Å². The lowest BCUT2D eigenvalue weighted by Gasteiger charge is -2.35. The van der Waals surface area contributed by atoms with Crippen LogP contribution in [0.5, 0.6) is 0 Å². The van der Waals surface area contributed by atoms with Gasteiger partial charge in [0.05, 0.1) is 6.10 Å². The molecule has 0 bridgehead atoms. The molecule has 1 unspecified atom stereocenters. The highest BCUT2D eigenvalue weighted by Gasteiger charge is 2.39. The van der Waals surface area contributed by atoms with Gasteiger partial charge in [-0.25, -0.2) is 0 Å². The first kappa shape index (κ1) is 11.8. The highest BCUT2D eigenvalue weighted by molar-refractivity contribution is 4.93. The summed E-state index contributed by atoms with van der Waals surface area (Å²) < 4.78 is 0. The van der Waals surface area contributed by atoms with Crippen LogP contribution in [0.2, 0.25) is 0 Å². The molecule has 1 rings (SSSR count). The third kappa shape index (κ3) is 2.60. The quantitative estimate of drug-likeness (QED) is 0.667. The van der Waals surface area contributed by atoms with E-state index < -0.39 is 0 Å². The second-order valence-electron chi connectivity index (χ2n) is 5.21. The van der Waals surface area contributed by atoms with Gasteiger partial charge in [0.15, 0.2) is 0 Å². The zero-order chi connectivity index (χ0) is 10.6. The fourth-order valence-electron chi connectivity index (χ4n) is 2.97. The van der Waals surface area contributed by atoms with Crippen LogP contribution in [0.1, 0.15) is 52.4 Å². The standard InChI is InChI=1S/C13H24O/c1-4-7-12(14)13(10-11(2)3)8-5-6-9-13/h4,11-12,14H,1,5-10H2,2-3H3. The molecule has 1 heteroatoms. The summed E-state index contributed by atoms with van der Waals surface area (Å²) in [6.07, 6.45) is 8.62. The second kappa shape index (κ2) is 4.97. The minimum absolute atomic E-state index is 0.162. The SMILES string of the molecule is C=CCC(O)C1(CC(C)C)CCCC1. The van der Waals surface area contributed by atoms with Gasteiger partial charge in [-0.1, -0.05) is 32.8 Å². The number of hydrogen-bond donors (Lipinski definition) is 1. The molecular weight excluding hydrogens is 172 g/mol. The first-order chi connectivity index (χ1) is 6.60. The van der Waals surface area contributed by atoms with Crippen LogP contribution in [0.4, 0.5) is 0 Å². The van der Waals surface area contributed by atoms with Crippen molar-refractivity contribution in [2.45, 2.75) is 58.5 Å². The summed E-state index contributed by atoms with van der Waals surface area (Å²) >= 11 is 0. The first-order valence-corrected chi connectivity index (χ1v) is 5.90. The Hall–Kier alpha value is -0.300. The van der Waals surface area contributed by atoms with E-state index in [1.54, 1.807) is 0 Å². The molecule has 1 saturated carbocycles. The third-order valence-corrected chi connectivity index (χ3v) is 3.51. The second-order valence-corrected chi connectivity index (χ2v) is 5.21. The van der Waals surface area contributed by atoms with Gasteiger partial charge in [0.25, 0.3) is 0 Å². The maximum absolute atomic E-state index is 10.2. The minimum atomic E-state index is -0.162. The minimum Gasteiger partial charge on any atom is -0.392 e. The van der Waals surface area contributed by atoms with E-state index in [-0.39, 0.29) is 11.5 Å². The van der Waals surface area contributed by atoms with Gasteiger partial charge >= 0.3 is 0 Å². The summed E-state index contributed by atoms with van der Waals surface area (Å²) in [7, 11) is 0. The molecule has 1 nitrogen and oxygen atoms in total. The zero-order valence-electron chi connectivity index (χ0n) is 9.63. The molecule has 0 radical (unpaired) electrons. The Morgan fingerprint density at radius 2 is 1.93 bits per heavy atom. The third-order valence-electron chi connectivity index (χ3n) is 3.51. The average Bonchev–Trinajstić information content (AvgIpc) is 2.53. The van der Waals surface area contributed by atoms with Crippen LogP contribution in [-0.4, -0.2) is 11.2 Å². The molecule has 1 aliphatic rings. The topological polar surface area (TPSA) is 20.2 Å². The van der Waals surface area contributed by atoms with E-state index in [0.29, 0.717) is 5.92 Å². The van der Waals surface area contributed by atoms with E-state index >= 15 is 0 Å². The van der Waals surface area contributed by atoms with E-state index in [1.165, 1.54) is 32.1 Å². The Balaban J connectivity index is 2.64. The maximum Gasteiger partial charge on any atom is 0.0630 e. The lowest BCUT2D eigenvalue weighted by Crippen LogP contribution is -2.33. The smallest absolute Gasteiger partial charge is 0.0630 e. The lowest BCUT2D eigenvalue weighted by molar-refractivity contribution is 0.0153. The molecule has 0 aromatic heterocycles. The van der Waals surface area contributed by atoms with Crippen molar-refractivity contribution in [1.29, 1.82) is 0 Å². The normalized spacial score (nSPS) is 22.6. The summed E-state index contributed by atoms with van der Waals surface area (Å²) in [5.74, 6) is 0.688. The Kier molecular flexibility index (Phi) is 4.18. The largest absolute Gasteiger partial charge is 0.392 e. The van der Waals surface area contributed by atoms with Crippen molar-refractivity contribution >= 4 is 0 Å². The van der Waals surface area contributed by atoms with Crippen LogP contribution >= 0.6 is 0 Å². The molecule has 1 fully saturated rings. The van der Waals surface area contributed by atoms with E-state index in [1.807, 2.05) is 6.08 Å². The van der Waals surface area contributed by atoms with Crippen LogP contribution < -0.4 is 0 Å². The molecule has 0 aliphatic heterocycles. The molecule has 0 saturated heterocycles. The Morgan fingerprint density at radius 1 is 1.36 bits per heavy atom. The Bertz CT molecular complexity index is 178. The summed E-state index contributed by atoms with van der Waals surface area (Å²) in [5, 5.41) is 10.2.